The summed E-state index contributed by atoms with van der Waals surface area (Å²) >= 11 is 1.10. The summed E-state index contributed by atoms with van der Waals surface area (Å²) in [6.07, 6.45) is 7.43. The second-order valence-corrected chi connectivity index (χ2v) is 9.27. The molecular formula is C25H25N5O5S. The Morgan fingerprint density at radius 2 is 1.94 bits per heavy atom. The highest BCUT2D eigenvalue weighted by Gasteiger charge is 2.16. The molecule has 1 aromatic heterocycles. The fourth-order valence-corrected chi connectivity index (χ4v) is 4.79. The SMILES string of the molecule is O=C(CSc1nc2ccccc2c(=O)n1CCC1=CCCCC1)NNC(=O)c1cccc([N+](=O)[O-])c1. The molecule has 0 bridgehead atoms. The smallest absolute Gasteiger partial charge is 0.270 e. The molecule has 0 unspecified atom stereocenters. The van der Waals surface area contributed by atoms with Crippen molar-refractivity contribution in [3.63, 3.8) is 0 Å². The van der Waals surface area contributed by atoms with E-state index in [0.29, 0.717) is 22.6 Å². The van der Waals surface area contributed by atoms with Crippen LogP contribution in [0.5, 0.6) is 0 Å². The molecule has 10 nitrogen and oxygen atoms in total. The Labute approximate surface area is 210 Å². The number of non-ortho nitro benzene ring substituents is 1. The number of para-hydroxylation sites is 1. The lowest BCUT2D eigenvalue weighted by molar-refractivity contribution is -0.384. The van der Waals surface area contributed by atoms with Crippen molar-refractivity contribution in [3.05, 3.63) is 86.2 Å². The predicted molar refractivity (Wildman–Crippen MR) is 137 cm³/mol. The molecule has 0 saturated carbocycles. The Hall–Kier alpha value is -3.99. The molecule has 11 heteroatoms. The third-order valence-electron chi connectivity index (χ3n) is 5.84. The highest BCUT2D eigenvalue weighted by molar-refractivity contribution is 7.99. The fraction of sp³-hybridized carbons (Fsp3) is 0.280. The van der Waals surface area contributed by atoms with Crippen LogP contribution in [-0.2, 0) is 11.3 Å². The molecule has 2 amide bonds. The van der Waals surface area contributed by atoms with E-state index in [-0.39, 0.29) is 22.6 Å². The molecular weight excluding hydrogens is 482 g/mol. The summed E-state index contributed by atoms with van der Waals surface area (Å²) in [4.78, 5) is 52.8. The van der Waals surface area contributed by atoms with Gasteiger partial charge in [-0.3, -0.25) is 39.9 Å². The molecule has 0 radical (unpaired) electrons. The van der Waals surface area contributed by atoms with E-state index in [1.54, 1.807) is 28.8 Å². The number of nitrogens with one attached hydrogen (secondary N) is 2. The minimum atomic E-state index is -0.682. The number of benzene rings is 2. The second kappa shape index (κ2) is 11.6. The number of hydrogen-bond donors (Lipinski definition) is 2. The van der Waals surface area contributed by atoms with Crippen molar-refractivity contribution < 1.29 is 14.5 Å². The summed E-state index contributed by atoms with van der Waals surface area (Å²) in [5.41, 5.74) is 6.10. The number of thioether (sulfide) groups is 1. The van der Waals surface area contributed by atoms with E-state index >= 15 is 0 Å². The Morgan fingerprint density at radius 1 is 1.11 bits per heavy atom. The van der Waals surface area contributed by atoms with E-state index in [2.05, 4.69) is 21.9 Å². The third-order valence-corrected chi connectivity index (χ3v) is 6.81. The zero-order valence-corrected chi connectivity index (χ0v) is 20.3. The number of hydrogen-bond acceptors (Lipinski definition) is 7. The van der Waals surface area contributed by atoms with Gasteiger partial charge in [-0.25, -0.2) is 4.98 Å². The van der Waals surface area contributed by atoms with Crippen LogP contribution in [0.15, 0.2) is 70.1 Å². The van der Waals surface area contributed by atoms with Crippen molar-refractivity contribution in [2.75, 3.05) is 5.75 Å². The molecule has 1 heterocycles. The van der Waals surface area contributed by atoms with Crippen LogP contribution in [0.2, 0.25) is 0 Å². The van der Waals surface area contributed by atoms with Crippen LogP contribution in [-0.4, -0.2) is 32.0 Å². The molecule has 0 saturated heterocycles. The topological polar surface area (TPSA) is 136 Å². The number of nitro benzene ring substituents is 1. The van der Waals surface area contributed by atoms with Gasteiger partial charge in [0, 0.05) is 24.2 Å². The summed E-state index contributed by atoms with van der Waals surface area (Å²) in [5, 5.41) is 11.8. The van der Waals surface area contributed by atoms with Crippen molar-refractivity contribution in [1.82, 2.24) is 20.4 Å². The Bertz CT molecular complexity index is 1400. The van der Waals surface area contributed by atoms with Crippen LogP contribution in [0.3, 0.4) is 0 Å². The maximum absolute atomic E-state index is 13.2. The molecule has 0 fully saturated rings. The van der Waals surface area contributed by atoms with Gasteiger partial charge in [0.1, 0.15) is 0 Å². The molecule has 2 N–H and O–H groups in total. The number of hydrazine groups is 1. The van der Waals surface area contributed by atoms with Crippen LogP contribution in [0, 0.1) is 10.1 Å². The molecule has 3 aromatic rings. The van der Waals surface area contributed by atoms with Gasteiger partial charge >= 0.3 is 0 Å². The maximum Gasteiger partial charge on any atom is 0.270 e. The summed E-state index contributed by atoms with van der Waals surface area (Å²) in [6.45, 7) is 0.468. The number of amides is 2. The fourth-order valence-electron chi connectivity index (χ4n) is 3.97. The molecule has 1 aliphatic rings. The first-order valence-electron chi connectivity index (χ1n) is 11.6. The molecule has 1 aliphatic carbocycles. The predicted octanol–water partition coefficient (Wildman–Crippen LogP) is 3.75. The number of carbonyl (C=O) groups is 2. The number of allylic oxidation sites excluding steroid dienone is 2. The normalized spacial score (nSPS) is 13.2. The standard InChI is InChI=1S/C25H25N5O5S/c31-22(27-28-23(32)18-9-6-10-19(15-18)30(34)35)16-36-25-26-21-12-5-4-11-20(21)24(33)29(25)14-13-17-7-2-1-3-8-17/h4-7,9-12,15H,1-3,8,13-14,16H2,(H,27,31)(H,28,32). The van der Waals surface area contributed by atoms with Crippen molar-refractivity contribution in [3.8, 4) is 0 Å². The van der Waals surface area contributed by atoms with Gasteiger partial charge in [-0.05, 0) is 50.3 Å². The monoisotopic (exact) mass is 507 g/mol. The van der Waals surface area contributed by atoms with Gasteiger partial charge in [0.15, 0.2) is 5.16 Å². The lowest BCUT2D eigenvalue weighted by atomic mass is 9.97. The van der Waals surface area contributed by atoms with Gasteiger partial charge < -0.3 is 0 Å². The molecule has 0 spiro atoms. The van der Waals surface area contributed by atoms with Gasteiger partial charge in [-0.1, -0.05) is 41.6 Å². The molecule has 0 atom stereocenters. The number of fused-ring (bicyclic) bond motifs is 1. The first-order chi connectivity index (χ1) is 17.4. The van der Waals surface area contributed by atoms with Crippen molar-refractivity contribution in [2.24, 2.45) is 0 Å². The number of nitrogens with zero attached hydrogens (tertiary/aromatic N) is 3. The molecule has 0 aliphatic heterocycles. The third kappa shape index (κ3) is 6.16. The summed E-state index contributed by atoms with van der Waals surface area (Å²) < 4.78 is 1.61. The zero-order valence-electron chi connectivity index (χ0n) is 19.4. The highest BCUT2D eigenvalue weighted by atomic mass is 32.2. The van der Waals surface area contributed by atoms with Crippen molar-refractivity contribution in [1.29, 1.82) is 0 Å². The number of aromatic nitrogens is 2. The average Bonchev–Trinajstić information content (AvgIpc) is 2.90. The maximum atomic E-state index is 13.2. The van der Waals surface area contributed by atoms with Crippen molar-refractivity contribution in [2.45, 2.75) is 43.8 Å². The average molecular weight is 508 g/mol. The van der Waals surface area contributed by atoms with Crippen LogP contribution in [0.25, 0.3) is 10.9 Å². The Balaban J connectivity index is 1.43. The highest BCUT2D eigenvalue weighted by Crippen LogP contribution is 2.23. The van der Waals surface area contributed by atoms with Crippen LogP contribution >= 0.6 is 11.8 Å². The van der Waals surface area contributed by atoms with E-state index in [1.807, 2.05) is 0 Å². The van der Waals surface area contributed by atoms with Gasteiger partial charge in [0.05, 0.1) is 21.6 Å². The molecule has 4 rings (SSSR count). The van der Waals surface area contributed by atoms with E-state index < -0.39 is 16.7 Å². The van der Waals surface area contributed by atoms with E-state index in [1.165, 1.54) is 30.2 Å². The van der Waals surface area contributed by atoms with Crippen molar-refractivity contribution >= 4 is 40.2 Å². The lowest BCUT2D eigenvalue weighted by Crippen LogP contribution is -2.42. The number of rotatable bonds is 8. The first-order valence-corrected chi connectivity index (χ1v) is 12.5. The molecule has 186 valence electrons. The minimum absolute atomic E-state index is 0.0409. The van der Waals surface area contributed by atoms with Crippen LogP contribution in [0.4, 0.5) is 5.69 Å². The van der Waals surface area contributed by atoms with Gasteiger partial charge in [-0.15, -0.1) is 0 Å². The molecule has 36 heavy (non-hydrogen) atoms. The zero-order chi connectivity index (χ0) is 25.5. The number of nitro groups is 1. The van der Waals surface area contributed by atoms with E-state index in [9.17, 15) is 24.5 Å². The summed E-state index contributed by atoms with van der Waals surface area (Å²) in [6, 6.07) is 12.3. The summed E-state index contributed by atoms with van der Waals surface area (Å²) in [5.74, 6) is -1.29. The van der Waals surface area contributed by atoms with Crippen LogP contribution < -0.4 is 16.4 Å². The number of carbonyl (C=O) groups excluding carboxylic acids is 2. The van der Waals surface area contributed by atoms with E-state index in [0.717, 1.165) is 43.5 Å². The molecule has 2 aromatic carbocycles. The van der Waals surface area contributed by atoms with Gasteiger partial charge in [0.2, 0.25) is 5.91 Å². The van der Waals surface area contributed by atoms with Gasteiger partial charge in [-0.2, -0.15) is 0 Å². The first kappa shape index (κ1) is 25.1. The van der Waals surface area contributed by atoms with Crippen LogP contribution in [0.1, 0.15) is 42.5 Å². The quantitative estimate of drug-likeness (QED) is 0.156. The Morgan fingerprint density at radius 3 is 2.72 bits per heavy atom. The minimum Gasteiger partial charge on any atom is -0.287 e. The largest absolute Gasteiger partial charge is 0.287 e. The second-order valence-electron chi connectivity index (χ2n) is 8.32. The van der Waals surface area contributed by atoms with Gasteiger partial charge in [0.25, 0.3) is 17.2 Å². The summed E-state index contributed by atoms with van der Waals surface area (Å²) in [7, 11) is 0. The Kier molecular flexibility index (Phi) is 8.11. The lowest BCUT2D eigenvalue weighted by Gasteiger charge is -2.16. The van der Waals surface area contributed by atoms with E-state index in [4.69, 9.17) is 0 Å².